The lowest BCUT2D eigenvalue weighted by Crippen LogP contribution is -1.99. The van der Waals surface area contributed by atoms with Crippen LogP contribution in [-0.2, 0) is 9.84 Å². The maximum absolute atomic E-state index is 14.5. The Hall–Kier alpha value is -4.89. The van der Waals surface area contributed by atoms with Crippen molar-refractivity contribution in [3.63, 3.8) is 0 Å². The molecule has 0 saturated heterocycles. The first-order valence-electron chi connectivity index (χ1n) is 12.1. The normalized spacial score (nSPS) is 11.7. The number of sulfone groups is 1. The lowest BCUT2D eigenvalue weighted by Gasteiger charge is -2.06. The van der Waals surface area contributed by atoms with Crippen molar-refractivity contribution >= 4 is 28.0 Å². The first-order valence-corrected chi connectivity index (χ1v) is 13.9. The molecule has 0 saturated carbocycles. The summed E-state index contributed by atoms with van der Waals surface area (Å²) < 4.78 is 53.5. The number of carbonyl (C=O) groups is 1. The molecule has 0 radical (unpaired) electrons. The van der Waals surface area contributed by atoms with Gasteiger partial charge in [0, 0.05) is 29.8 Å². The number of imidazole rings is 1. The number of carboxylic acids is 1. The number of halogens is 2. The zero-order valence-corrected chi connectivity index (χ0v) is 21.9. The molecule has 0 aliphatic rings. The van der Waals surface area contributed by atoms with Crippen molar-refractivity contribution in [1.29, 1.82) is 0 Å². The van der Waals surface area contributed by atoms with Gasteiger partial charge in [0.25, 0.3) is 0 Å². The summed E-state index contributed by atoms with van der Waals surface area (Å²) in [5, 5.41) is 9.23. The highest BCUT2D eigenvalue weighted by Gasteiger charge is 2.14. The molecule has 5 aromatic rings. The van der Waals surface area contributed by atoms with Crippen LogP contribution in [0.15, 0.2) is 102 Å². The molecule has 0 amide bonds. The van der Waals surface area contributed by atoms with E-state index in [2.05, 4.69) is 4.98 Å². The van der Waals surface area contributed by atoms with Crippen LogP contribution in [0.2, 0.25) is 0 Å². The second-order valence-corrected chi connectivity index (χ2v) is 11.1. The molecular weight excluding hydrogens is 534 g/mol. The Balaban J connectivity index is 1.49. The van der Waals surface area contributed by atoms with Gasteiger partial charge in [-0.05, 0) is 71.3 Å². The van der Waals surface area contributed by atoms with Gasteiger partial charge in [-0.25, -0.2) is 27.0 Å². The Morgan fingerprint density at radius 2 is 1.60 bits per heavy atom. The van der Waals surface area contributed by atoms with E-state index in [4.69, 9.17) is 0 Å². The average Bonchev–Trinajstić information content (AvgIpc) is 3.35. The molecule has 6 nitrogen and oxygen atoms in total. The van der Waals surface area contributed by atoms with Gasteiger partial charge in [0.2, 0.25) is 0 Å². The summed E-state index contributed by atoms with van der Waals surface area (Å²) >= 11 is 0. The molecule has 200 valence electrons. The number of carboxylic acid groups (broad SMARTS) is 1. The van der Waals surface area contributed by atoms with Gasteiger partial charge in [-0.3, -0.25) is 4.57 Å². The zero-order chi connectivity index (χ0) is 28.4. The van der Waals surface area contributed by atoms with Crippen molar-refractivity contribution in [3.8, 4) is 28.1 Å². The highest BCUT2D eigenvalue weighted by Crippen LogP contribution is 2.27. The fourth-order valence-electron chi connectivity index (χ4n) is 4.17. The molecule has 0 unspecified atom stereocenters. The van der Waals surface area contributed by atoms with Crippen LogP contribution >= 0.6 is 0 Å². The third kappa shape index (κ3) is 5.74. The van der Waals surface area contributed by atoms with E-state index < -0.39 is 27.4 Å². The minimum Gasteiger partial charge on any atom is -0.478 e. The molecule has 1 N–H and O–H groups in total. The lowest BCUT2D eigenvalue weighted by molar-refractivity contribution is 0.0697. The first-order chi connectivity index (χ1) is 19.1. The molecule has 0 bridgehead atoms. The number of benzene rings is 4. The quantitative estimate of drug-likeness (QED) is 0.239. The molecule has 0 aliphatic heterocycles. The van der Waals surface area contributed by atoms with Crippen LogP contribution in [0.5, 0.6) is 0 Å². The maximum Gasteiger partial charge on any atom is 0.335 e. The van der Waals surface area contributed by atoms with Crippen LogP contribution in [0, 0.1) is 11.6 Å². The van der Waals surface area contributed by atoms with E-state index >= 15 is 0 Å². The Bertz CT molecular complexity index is 1860. The van der Waals surface area contributed by atoms with Gasteiger partial charge in [0.05, 0.1) is 16.2 Å². The molecule has 0 aliphatic carbocycles. The number of rotatable bonds is 7. The zero-order valence-electron chi connectivity index (χ0n) is 21.1. The van der Waals surface area contributed by atoms with E-state index in [0.29, 0.717) is 11.5 Å². The topological polar surface area (TPSA) is 89.3 Å². The minimum absolute atomic E-state index is 0.118. The summed E-state index contributed by atoms with van der Waals surface area (Å²) in [5.41, 5.74) is 3.56. The van der Waals surface area contributed by atoms with Crippen LogP contribution in [-0.4, -0.2) is 35.3 Å². The summed E-state index contributed by atoms with van der Waals surface area (Å²) in [5.74, 6) is -2.07. The largest absolute Gasteiger partial charge is 0.478 e. The highest BCUT2D eigenvalue weighted by molar-refractivity contribution is 7.90. The van der Waals surface area contributed by atoms with Gasteiger partial charge in [-0.1, -0.05) is 42.5 Å². The summed E-state index contributed by atoms with van der Waals surface area (Å²) in [7, 11) is -3.33. The van der Waals surface area contributed by atoms with Crippen LogP contribution < -0.4 is 0 Å². The molecule has 4 aromatic carbocycles. The van der Waals surface area contributed by atoms with Gasteiger partial charge in [-0.15, -0.1) is 0 Å². The van der Waals surface area contributed by atoms with Gasteiger partial charge in [0.1, 0.15) is 17.5 Å². The Labute approximate surface area is 229 Å². The number of nitrogens with zero attached hydrogens (tertiary/aromatic N) is 2. The third-order valence-electron chi connectivity index (χ3n) is 6.26. The first kappa shape index (κ1) is 26.7. The van der Waals surface area contributed by atoms with Crippen molar-refractivity contribution < 1.29 is 27.1 Å². The van der Waals surface area contributed by atoms with Crippen LogP contribution in [0.1, 0.15) is 21.7 Å². The van der Waals surface area contributed by atoms with Gasteiger partial charge in [0.15, 0.2) is 9.84 Å². The van der Waals surface area contributed by atoms with Crippen LogP contribution in [0.4, 0.5) is 8.78 Å². The average molecular weight is 557 g/mol. The minimum atomic E-state index is -3.33. The molecule has 40 heavy (non-hydrogen) atoms. The molecule has 0 spiro atoms. The Morgan fingerprint density at radius 3 is 2.25 bits per heavy atom. The van der Waals surface area contributed by atoms with E-state index in [1.807, 2.05) is 36.4 Å². The van der Waals surface area contributed by atoms with Gasteiger partial charge >= 0.3 is 5.97 Å². The van der Waals surface area contributed by atoms with E-state index in [1.54, 1.807) is 47.2 Å². The summed E-state index contributed by atoms with van der Waals surface area (Å²) in [6.07, 6.45) is 6.31. The second kappa shape index (κ2) is 10.7. The van der Waals surface area contributed by atoms with E-state index in [1.165, 1.54) is 24.5 Å². The van der Waals surface area contributed by atoms with Gasteiger partial charge < -0.3 is 5.11 Å². The number of hydrogen-bond acceptors (Lipinski definition) is 4. The smallest absolute Gasteiger partial charge is 0.335 e. The molecule has 0 fully saturated rings. The Morgan fingerprint density at radius 1 is 0.875 bits per heavy atom. The predicted octanol–water partition coefficient (Wildman–Crippen LogP) is 6.76. The Kier molecular flexibility index (Phi) is 7.15. The van der Waals surface area contributed by atoms with Crippen molar-refractivity contribution in [2.24, 2.45) is 0 Å². The summed E-state index contributed by atoms with van der Waals surface area (Å²) in [4.78, 5) is 16.1. The summed E-state index contributed by atoms with van der Waals surface area (Å²) in [6, 6.07) is 23.6. The van der Waals surface area contributed by atoms with E-state index in [9.17, 15) is 27.1 Å². The standard InChI is InChI=1S/C31H22F2N2O4S/c1-40(38,39)26-4-2-3-23(17-26)21-8-5-20(6-9-21)7-16-30-34-29(27-15-12-24(32)18-28(27)33)19-35(30)25-13-10-22(11-14-25)31(36)37/h2-19H,1H3,(H,36,37)/b16-7+. The highest BCUT2D eigenvalue weighted by atomic mass is 32.2. The monoisotopic (exact) mass is 556 g/mol. The fraction of sp³-hybridized carbons (Fsp3) is 0.0323. The van der Waals surface area contributed by atoms with Crippen molar-refractivity contribution in [2.45, 2.75) is 4.90 Å². The number of hydrogen-bond donors (Lipinski definition) is 1. The van der Waals surface area contributed by atoms with Gasteiger partial charge in [-0.2, -0.15) is 0 Å². The second-order valence-electron chi connectivity index (χ2n) is 9.09. The molecular formula is C31H22F2N2O4S. The number of aromatic carboxylic acids is 1. The lowest BCUT2D eigenvalue weighted by atomic mass is 10.0. The fourth-order valence-corrected chi connectivity index (χ4v) is 4.84. The molecule has 1 heterocycles. The maximum atomic E-state index is 14.5. The molecule has 0 atom stereocenters. The summed E-state index contributed by atoms with van der Waals surface area (Å²) in [6.45, 7) is 0. The predicted molar refractivity (Wildman–Crippen MR) is 150 cm³/mol. The van der Waals surface area contributed by atoms with E-state index in [0.717, 1.165) is 28.8 Å². The van der Waals surface area contributed by atoms with E-state index in [-0.39, 0.29) is 21.7 Å². The third-order valence-corrected chi connectivity index (χ3v) is 7.37. The van der Waals surface area contributed by atoms with Crippen LogP contribution in [0.3, 0.4) is 0 Å². The van der Waals surface area contributed by atoms with Crippen molar-refractivity contribution in [2.75, 3.05) is 6.26 Å². The molecule has 5 rings (SSSR count). The molecule has 9 heteroatoms. The SMILES string of the molecule is CS(=O)(=O)c1cccc(-c2ccc(/C=C/c3nc(-c4ccc(F)cc4F)cn3-c3ccc(C(=O)O)cc3)cc2)c1. The van der Waals surface area contributed by atoms with Crippen molar-refractivity contribution in [1.82, 2.24) is 9.55 Å². The number of aromatic nitrogens is 2. The van der Waals surface area contributed by atoms with Crippen molar-refractivity contribution in [3.05, 3.63) is 126 Å². The molecule has 1 aromatic heterocycles. The van der Waals surface area contributed by atoms with Crippen LogP contribution in [0.25, 0.3) is 40.2 Å².